The lowest BCUT2D eigenvalue weighted by Gasteiger charge is -2.16. The lowest BCUT2D eigenvalue weighted by Crippen LogP contribution is -2.35. The third-order valence-electron chi connectivity index (χ3n) is 4.34. The normalized spacial score (nSPS) is 11.6. The molecule has 5 heteroatoms. The zero-order valence-corrected chi connectivity index (χ0v) is 16.4. The molecular formula is C22H27NO4. The van der Waals surface area contributed by atoms with E-state index in [4.69, 9.17) is 9.47 Å². The van der Waals surface area contributed by atoms with Gasteiger partial charge in [0.1, 0.15) is 6.29 Å². The number of benzene rings is 2. The number of nitrogens with one attached hydrogen (secondary N) is 1. The maximum Gasteiger partial charge on any atom is 0.223 e. The second-order valence-electron chi connectivity index (χ2n) is 6.73. The van der Waals surface area contributed by atoms with Crippen molar-refractivity contribution in [3.63, 3.8) is 0 Å². The lowest BCUT2D eigenvalue weighted by atomic mass is 10.00. The fourth-order valence-corrected chi connectivity index (χ4v) is 2.93. The molecule has 1 atom stereocenters. The Labute approximate surface area is 160 Å². The summed E-state index contributed by atoms with van der Waals surface area (Å²) in [5, 5.41) is 3.01. The van der Waals surface area contributed by atoms with Gasteiger partial charge in [0, 0.05) is 11.6 Å². The van der Waals surface area contributed by atoms with Crippen LogP contribution in [-0.4, -0.2) is 32.0 Å². The van der Waals surface area contributed by atoms with Gasteiger partial charge in [-0.05, 0) is 56.5 Å². The minimum atomic E-state index is -0.0595. The van der Waals surface area contributed by atoms with Crippen molar-refractivity contribution < 1.29 is 19.1 Å². The average Bonchev–Trinajstić information content (AvgIpc) is 2.64. The average molecular weight is 369 g/mol. The number of hydrogen-bond donors (Lipinski definition) is 1. The Kier molecular flexibility index (Phi) is 7.41. The van der Waals surface area contributed by atoms with Crippen molar-refractivity contribution in [1.82, 2.24) is 5.32 Å². The van der Waals surface area contributed by atoms with Crippen LogP contribution in [0.3, 0.4) is 0 Å². The summed E-state index contributed by atoms with van der Waals surface area (Å²) in [6.07, 6.45) is 1.78. The van der Waals surface area contributed by atoms with Crippen molar-refractivity contribution in [2.45, 2.75) is 39.7 Å². The molecule has 1 N–H and O–H groups in total. The van der Waals surface area contributed by atoms with Crippen molar-refractivity contribution in [2.75, 3.05) is 13.7 Å². The van der Waals surface area contributed by atoms with Crippen molar-refractivity contribution in [3.8, 4) is 11.5 Å². The number of carbonyl (C=O) groups is 2. The molecule has 27 heavy (non-hydrogen) atoms. The molecule has 0 aromatic heterocycles. The number of hydrogen-bond acceptors (Lipinski definition) is 4. The second-order valence-corrected chi connectivity index (χ2v) is 6.73. The van der Waals surface area contributed by atoms with Gasteiger partial charge in [0.05, 0.1) is 20.1 Å². The van der Waals surface area contributed by atoms with Gasteiger partial charge in [-0.1, -0.05) is 23.8 Å². The van der Waals surface area contributed by atoms with E-state index in [-0.39, 0.29) is 25.0 Å². The second kappa shape index (κ2) is 9.76. The Balaban J connectivity index is 1.81. The highest BCUT2D eigenvalue weighted by Gasteiger charge is 2.11. The quantitative estimate of drug-likeness (QED) is 0.686. The van der Waals surface area contributed by atoms with Gasteiger partial charge in [-0.15, -0.1) is 0 Å². The molecule has 0 saturated carbocycles. The molecule has 0 aliphatic rings. The van der Waals surface area contributed by atoms with E-state index in [0.29, 0.717) is 17.1 Å². The van der Waals surface area contributed by atoms with Crippen LogP contribution in [0.1, 0.15) is 40.4 Å². The Morgan fingerprint density at radius 3 is 2.59 bits per heavy atom. The summed E-state index contributed by atoms with van der Waals surface area (Å²) in [5.74, 6) is 0.929. The van der Waals surface area contributed by atoms with Gasteiger partial charge in [-0.2, -0.15) is 0 Å². The third kappa shape index (κ3) is 6.13. The van der Waals surface area contributed by atoms with E-state index in [2.05, 4.69) is 37.4 Å². The minimum Gasteiger partial charge on any atom is -0.493 e. The van der Waals surface area contributed by atoms with Gasteiger partial charge >= 0.3 is 0 Å². The van der Waals surface area contributed by atoms with Gasteiger partial charge in [-0.25, -0.2) is 0 Å². The summed E-state index contributed by atoms with van der Waals surface area (Å²) in [4.78, 5) is 23.0. The molecule has 2 aromatic carbocycles. The molecule has 144 valence electrons. The number of aryl methyl sites for hydroxylation is 2. The Morgan fingerprint density at radius 2 is 1.93 bits per heavy atom. The summed E-state index contributed by atoms with van der Waals surface area (Å²) < 4.78 is 10.8. The van der Waals surface area contributed by atoms with Gasteiger partial charge in [0.2, 0.25) is 5.91 Å². The van der Waals surface area contributed by atoms with E-state index in [1.165, 1.54) is 23.8 Å². The Bertz CT molecular complexity index is 801. The van der Waals surface area contributed by atoms with Crippen molar-refractivity contribution in [1.29, 1.82) is 0 Å². The summed E-state index contributed by atoms with van der Waals surface area (Å²) >= 11 is 0. The molecule has 0 saturated heterocycles. The Morgan fingerprint density at radius 1 is 1.15 bits per heavy atom. The van der Waals surface area contributed by atoms with Gasteiger partial charge in [0.15, 0.2) is 11.5 Å². The largest absolute Gasteiger partial charge is 0.493 e. The first kappa shape index (κ1) is 20.5. The molecule has 0 bridgehead atoms. The predicted octanol–water partition coefficient (Wildman–Crippen LogP) is 3.64. The lowest BCUT2D eigenvalue weighted by molar-refractivity contribution is -0.122. The number of rotatable bonds is 9. The molecular weight excluding hydrogens is 342 g/mol. The van der Waals surface area contributed by atoms with E-state index < -0.39 is 0 Å². The molecule has 0 fully saturated rings. The first-order valence-electron chi connectivity index (χ1n) is 9.04. The summed E-state index contributed by atoms with van der Waals surface area (Å²) in [6.45, 7) is 6.40. The molecule has 0 heterocycles. The molecule has 0 spiro atoms. The molecule has 1 amide bonds. The first-order valence-corrected chi connectivity index (χ1v) is 9.04. The van der Waals surface area contributed by atoms with Crippen LogP contribution < -0.4 is 14.8 Å². The summed E-state index contributed by atoms with van der Waals surface area (Å²) in [7, 11) is 1.51. The highest BCUT2D eigenvalue weighted by atomic mass is 16.5. The van der Waals surface area contributed by atoms with Gasteiger partial charge < -0.3 is 14.8 Å². The number of amides is 1. The van der Waals surface area contributed by atoms with E-state index in [1.807, 2.05) is 6.92 Å². The van der Waals surface area contributed by atoms with Crippen molar-refractivity contribution in [3.05, 3.63) is 58.7 Å². The van der Waals surface area contributed by atoms with Crippen LogP contribution in [0.15, 0.2) is 36.4 Å². The molecule has 2 aromatic rings. The van der Waals surface area contributed by atoms with Gasteiger partial charge in [0.25, 0.3) is 0 Å². The number of carbonyl (C=O) groups excluding carboxylic acids is 2. The topological polar surface area (TPSA) is 64.6 Å². The molecule has 0 aliphatic carbocycles. The van der Waals surface area contributed by atoms with Crippen LogP contribution in [0.2, 0.25) is 0 Å². The molecule has 1 unspecified atom stereocenters. The van der Waals surface area contributed by atoms with E-state index in [9.17, 15) is 9.59 Å². The monoisotopic (exact) mass is 369 g/mol. The maximum atomic E-state index is 12.2. The van der Waals surface area contributed by atoms with Crippen molar-refractivity contribution in [2.24, 2.45) is 0 Å². The van der Waals surface area contributed by atoms with Crippen LogP contribution in [0.4, 0.5) is 0 Å². The maximum absolute atomic E-state index is 12.2. The molecule has 2 rings (SSSR count). The van der Waals surface area contributed by atoms with Gasteiger partial charge in [-0.3, -0.25) is 9.59 Å². The van der Waals surface area contributed by atoms with Crippen LogP contribution in [-0.2, 0) is 11.2 Å². The highest BCUT2D eigenvalue weighted by molar-refractivity contribution is 5.77. The first-order chi connectivity index (χ1) is 12.9. The molecule has 0 radical (unpaired) electrons. The zero-order chi connectivity index (χ0) is 19.8. The van der Waals surface area contributed by atoms with E-state index in [1.54, 1.807) is 18.2 Å². The molecule has 5 nitrogen and oxygen atoms in total. The summed E-state index contributed by atoms with van der Waals surface area (Å²) in [6, 6.07) is 11.3. The minimum absolute atomic E-state index is 0.0420. The standard InChI is InChI=1S/C22H27NO4/c1-15-5-7-19(16(2)11-15)12-17(3)23-22(25)9-10-27-20-8-6-18(14-24)13-21(20)26-4/h5-8,11,13-14,17H,9-10,12H2,1-4H3,(H,23,25). The Hall–Kier alpha value is -2.82. The van der Waals surface area contributed by atoms with Crippen LogP contribution in [0.5, 0.6) is 11.5 Å². The molecule has 0 aliphatic heterocycles. The highest BCUT2D eigenvalue weighted by Crippen LogP contribution is 2.27. The number of ether oxygens (including phenoxy) is 2. The smallest absolute Gasteiger partial charge is 0.223 e. The number of methoxy groups -OCH3 is 1. The van der Waals surface area contributed by atoms with E-state index in [0.717, 1.165) is 12.7 Å². The summed E-state index contributed by atoms with van der Waals surface area (Å²) in [5.41, 5.74) is 4.23. The number of aldehydes is 1. The fraction of sp³-hybridized carbons (Fsp3) is 0.364. The SMILES string of the molecule is COc1cc(C=O)ccc1OCCC(=O)NC(C)Cc1ccc(C)cc1C. The zero-order valence-electron chi connectivity index (χ0n) is 16.4. The predicted molar refractivity (Wildman–Crippen MR) is 106 cm³/mol. The third-order valence-corrected chi connectivity index (χ3v) is 4.34. The van der Waals surface area contributed by atoms with Crippen LogP contribution in [0, 0.1) is 13.8 Å². The van der Waals surface area contributed by atoms with Crippen LogP contribution in [0.25, 0.3) is 0 Å². The fourth-order valence-electron chi connectivity index (χ4n) is 2.93. The van der Waals surface area contributed by atoms with Crippen molar-refractivity contribution >= 4 is 12.2 Å². The van der Waals surface area contributed by atoms with Crippen LogP contribution >= 0.6 is 0 Å². The van der Waals surface area contributed by atoms with E-state index >= 15 is 0 Å².